The van der Waals surface area contributed by atoms with Gasteiger partial charge in [-0.15, -0.1) is 0 Å². The van der Waals surface area contributed by atoms with E-state index in [2.05, 4.69) is 18.3 Å². The molecule has 0 aromatic heterocycles. The Bertz CT molecular complexity index is 417. The molecule has 3 unspecified atom stereocenters. The molecule has 98 valence electrons. The summed E-state index contributed by atoms with van der Waals surface area (Å²) in [6.45, 7) is 2.33. The summed E-state index contributed by atoms with van der Waals surface area (Å²) in [4.78, 5) is 0. The van der Waals surface area contributed by atoms with Gasteiger partial charge < -0.3 is 10.4 Å². The van der Waals surface area contributed by atoms with Gasteiger partial charge in [-0.25, -0.2) is 0 Å². The van der Waals surface area contributed by atoms with E-state index >= 15 is 0 Å². The first kappa shape index (κ1) is 12.0. The van der Waals surface area contributed by atoms with E-state index in [9.17, 15) is 5.11 Å². The van der Waals surface area contributed by atoms with Crippen molar-refractivity contribution >= 4 is 0 Å². The lowest BCUT2D eigenvalue weighted by atomic mass is 9.69. The maximum absolute atomic E-state index is 9.61. The Morgan fingerprint density at radius 2 is 2.06 bits per heavy atom. The van der Waals surface area contributed by atoms with E-state index in [1.807, 2.05) is 12.1 Å². The Morgan fingerprint density at radius 3 is 2.89 bits per heavy atom. The second kappa shape index (κ2) is 4.93. The van der Waals surface area contributed by atoms with Crippen LogP contribution >= 0.6 is 0 Å². The van der Waals surface area contributed by atoms with E-state index < -0.39 is 0 Å². The monoisotopic (exact) mass is 245 g/mol. The molecule has 2 fully saturated rings. The molecular weight excluding hydrogens is 222 g/mol. The minimum Gasteiger partial charge on any atom is -0.508 e. The number of hydrogen-bond donors (Lipinski definition) is 2. The number of phenols is 1. The summed E-state index contributed by atoms with van der Waals surface area (Å²) in [6.07, 6.45) is 6.83. The third kappa shape index (κ3) is 2.26. The van der Waals surface area contributed by atoms with Crippen molar-refractivity contribution < 1.29 is 5.11 Å². The number of piperidine rings is 1. The number of aromatic hydroxyl groups is 1. The van der Waals surface area contributed by atoms with Gasteiger partial charge in [0.15, 0.2) is 0 Å². The molecule has 1 saturated heterocycles. The standard InChI is InChI=1S/C16H23NO/c1-11-15-8-3-2-5-12(15)10-16(17-11)13-6-4-7-14(18)9-13/h4,6-7,9,11-12,15-18H,2-3,5,8,10H2,1H3/t11?,12?,15?,16-/m0/s1. The number of phenolic OH excluding ortho intramolecular Hbond substituents is 1. The highest BCUT2D eigenvalue weighted by Gasteiger charge is 2.36. The van der Waals surface area contributed by atoms with Gasteiger partial charge in [0.25, 0.3) is 0 Å². The van der Waals surface area contributed by atoms with Crippen LogP contribution in [0, 0.1) is 11.8 Å². The van der Waals surface area contributed by atoms with Crippen LogP contribution in [0.4, 0.5) is 0 Å². The lowest BCUT2D eigenvalue weighted by molar-refractivity contribution is 0.112. The summed E-state index contributed by atoms with van der Waals surface area (Å²) in [5, 5.41) is 13.4. The van der Waals surface area contributed by atoms with Crippen LogP contribution < -0.4 is 5.32 Å². The topological polar surface area (TPSA) is 32.3 Å². The molecule has 18 heavy (non-hydrogen) atoms. The van der Waals surface area contributed by atoms with Crippen LogP contribution in [0.3, 0.4) is 0 Å². The molecule has 1 aromatic rings. The molecule has 1 aliphatic heterocycles. The van der Waals surface area contributed by atoms with E-state index in [1.54, 1.807) is 6.07 Å². The largest absolute Gasteiger partial charge is 0.508 e. The third-order valence-corrected chi connectivity index (χ3v) is 4.89. The fourth-order valence-corrected chi connectivity index (χ4v) is 3.97. The molecule has 1 aliphatic carbocycles. The van der Waals surface area contributed by atoms with Crippen molar-refractivity contribution in [1.82, 2.24) is 5.32 Å². The molecule has 1 heterocycles. The normalized spacial score (nSPS) is 36.1. The average molecular weight is 245 g/mol. The Hall–Kier alpha value is -1.02. The molecule has 1 saturated carbocycles. The predicted octanol–water partition coefficient (Wildman–Crippen LogP) is 3.62. The van der Waals surface area contributed by atoms with Crippen molar-refractivity contribution in [3.05, 3.63) is 29.8 Å². The van der Waals surface area contributed by atoms with E-state index in [4.69, 9.17) is 0 Å². The first-order valence-corrected chi connectivity index (χ1v) is 7.29. The molecule has 2 nitrogen and oxygen atoms in total. The second-order valence-electron chi connectivity index (χ2n) is 6.05. The minimum atomic E-state index is 0.382. The molecular formula is C16H23NO. The SMILES string of the molecule is CC1N[C@H](c2cccc(O)c2)CC2CCCCC21. The summed E-state index contributed by atoms with van der Waals surface area (Å²) in [5.41, 5.74) is 1.24. The maximum atomic E-state index is 9.61. The zero-order chi connectivity index (χ0) is 12.5. The molecule has 0 amide bonds. The maximum Gasteiger partial charge on any atom is 0.115 e. The van der Waals surface area contributed by atoms with E-state index in [0.717, 1.165) is 11.8 Å². The smallest absolute Gasteiger partial charge is 0.115 e. The highest BCUT2D eigenvalue weighted by Crippen LogP contribution is 2.42. The first-order valence-electron chi connectivity index (χ1n) is 7.29. The van der Waals surface area contributed by atoms with Crippen LogP contribution in [0.1, 0.15) is 50.6 Å². The van der Waals surface area contributed by atoms with Gasteiger partial charge in [-0.2, -0.15) is 0 Å². The molecule has 0 spiro atoms. The van der Waals surface area contributed by atoms with Crippen molar-refractivity contribution in [2.45, 2.75) is 51.1 Å². The Kier molecular flexibility index (Phi) is 3.29. The number of benzene rings is 1. The number of fused-ring (bicyclic) bond motifs is 1. The van der Waals surface area contributed by atoms with Crippen LogP contribution in [0.15, 0.2) is 24.3 Å². The van der Waals surface area contributed by atoms with Crippen LogP contribution in [-0.4, -0.2) is 11.1 Å². The van der Waals surface area contributed by atoms with Crippen molar-refractivity contribution in [1.29, 1.82) is 0 Å². The van der Waals surface area contributed by atoms with E-state index in [-0.39, 0.29) is 0 Å². The van der Waals surface area contributed by atoms with Gasteiger partial charge >= 0.3 is 0 Å². The zero-order valence-corrected chi connectivity index (χ0v) is 11.1. The van der Waals surface area contributed by atoms with Crippen molar-refractivity contribution in [3.8, 4) is 5.75 Å². The number of nitrogens with one attached hydrogen (secondary N) is 1. The molecule has 4 atom stereocenters. The molecule has 2 aliphatic rings. The Labute approximate surface area is 109 Å². The van der Waals surface area contributed by atoms with E-state index in [0.29, 0.717) is 17.8 Å². The van der Waals surface area contributed by atoms with Gasteiger partial charge in [-0.1, -0.05) is 31.4 Å². The van der Waals surface area contributed by atoms with Crippen LogP contribution in [-0.2, 0) is 0 Å². The van der Waals surface area contributed by atoms with Gasteiger partial charge in [-0.05, 0) is 49.3 Å². The molecule has 0 bridgehead atoms. The third-order valence-electron chi connectivity index (χ3n) is 4.89. The number of hydrogen-bond acceptors (Lipinski definition) is 2. The highest BCUT2D eigenvalue weighted by atomic mass is 16.3. The van der Waals surface area contributed by atoms with Crippen molar-refractivity contribution in [2.24, 2.45) is 11.8 Å². The lowest BCUT2D eigenvalue weighted by Crippen LogP contribution is -2.47. The highest BCUT2D eigenvalue weighted by molar-refractivity contribution is 5.30. The fourth-order valence-electron chi connectivity index (χ4n) is 3.97. The molecule has 2 N–H and O–H groups in total. The van der Waals surface area contributed by atoms with Crippen molar-refractivity contribution in [2.75, 3.05) is 0 Å². The first-order chi connectivity index (χ1) is 8.74. The van der Waals surface area contributed by atoms with Gasteiger partial charge in [0, 0.05) is 12.1 Å². The minimum absolute atomic E-state index is 0.382. The van der Waals surface area contributed by atoms with Gasteiger partial charge in [0.05, 0.1) is 0 Å². The van der Waals surface area contributed by atoms with E-state index in [1.165, 1.54) is 37.7 Å². The Balaban J connectivity index is 1.78. The zero-order valence-electron chi connectivity index (χ0n) is 11.1. The summed E-state index contributed by atoms with van der Waals surface area (Å²) in [5.74, 6) is 2.13. The van der Waals surface area contributed by atoms with Gasteiger partial charge in [0.1, 0.15) is 5.75 Å². The molecule has 3 rings (SSSR count). The molecule has 2 heteroatoms. The van der Waals surface area contributed by atoms with Gasteiger partial charge in [0.2, 0.25) is 0 Å². The lowest BCUT2D eigenvalue weighted by Gasteiger charge is -2.44. The Morgan fingerprint density at radius 1 is 1.22 bits per heavy atom. The van der Waals surface area contributed by atoms with Crippen LogP contribution in [0.25, 0.3) is 0 Å². The predicted molar refractivity (Wildman–Crippen MR) is 73.5 cm³/mol. The summed E-state index contributed by atoms with van der Waals surface area (Å²) in [7, 11) is 0. The van der Waals surface area contributed by atoms with Gasteiger partial charge in [-0.3, -0.25) is 0 Å². The second-order valence-corrected chi connectivity index (χ2v) is 6.05. The summed E-state index contributed by atoms with van der Waals surface area (Å²) < 4.78 is 0. The fraction of sp³-hybridized carbons (Fsp3) is 0.625. The van der Waals surface area contributed by atoms with Crippen LogP contribution in [0.2, 0.25) is 0 Å². The number of rotatable bonds is 1. The molecule has 0 radical (unpaired) electrons. The quantitative estimate of drug-likeness (QED) is 0.792. The molecule has 1 aromatic carbocycles. The average Bonchev–Trinajstić information content (AvgIpc) is 2.39. The van der Waals surface area contributed by atoms with Crippen molar-refractivity contribution in [3.63, 3.8) is 0 Å². The van der Waals surface area contributed by atoms with Crippen LogP contribution in [0.5, 0.6) is 5.75 Å². The summed E-state index contributed by atoms with van der Waals surface area (Å²) >= 11 is 0. The summed E-state index contributed by atoms with van der Waals surface area (Å²) in [6, 6.07) is 8.77.